The molecule has 6 N–H and O–H groups in total. The lowest BCUT2D eigenvalue weighted by Crippen LogP contribution is -2.60. The molecule has 0 radical (unpaired) electrons. The third-order valence-electron chi connectivity index (χ3n) is 5.36. The van der Waals surface area contributed by atoms with Crippen molar-refractivity contribution < 1.29 is 39.8 Å². The van der Waals surface area contributed by atoms with Gasteiger partial charge in [-0.2, -0.15) is 0 Å². The number of allylic oxidation sites excluding steroid dienone is 1. The molecule has 0 aromatic rings. The van der Waals surface area contributed by atoms with Gasteiger partial charge < -0.3 is 40.3 Å². The standard InChI is InChI=1S/C22H41NO8/c1-3-5-7-8-9-10-11-16(25)15(23-18(26)12-6-4-2)14-30-22-21(29)20(28)19(27)17(13-24)31-22/h10-11,15-17,19-22,24-25,27-29H,3-9,12-14H2,1-2H3,(H,23,26)/b11-10+. The van der Waals surface area contributed by atoms with Gasteiger partial charge in [-0.3, -0.25) is 4.79 Å². The fraction of sp³-hybridized carbons (Fsp3) is 0.864. The van der Waals surface area contributed by atoms with Crippen LogP contribution in [-0.2, 0) is 14.3 Å². The van der Waals surface area contributed by atoms with Gasteiger partial charge in [-0.25, -0.2) is 0 Å². The highest BCUT2D eigenvalue weighted by atomic mass is 16.7. The van der Waals surface area contributed by atoms with E-state index in [1.807, 2.05) is 13.0 Å². The lowest BCUT2D eigenvalue weighted by atomic mass is 9.99. The van der Waals surface area contributed by atoms with Crippen molar-refractivity contribution in [3.8, 4) is 0 Å². The zero-order valence-electron chi connectivity index (χ0n) is 18.7. The molecule has 7 unspecified atom stereocenters. The molecule has 0 bridgehead atoms. The van der Waals surface area contributed by atoms with Gasteiger partial charge in [0.15, 0.2) is 6.29 Å². The van der Waals surface area contributed by atoms with E-state index in [1.165, 1.54) is 6.42 Å². The maximum Gasteiger partial charge on any atom is 0.220 e. The van der Waals surface area contributed by atoms with Crippen molar-refractivity contribution in [1.82, 2.24) is 5.32 Å². The molecule has 1 fully saturated rings. The Morgan fingerprint density at radius 1 is 1.06 bits per heavy atom. The van der Waals surface area contributed by atoms with Gasteiger partial charge in [-0.1, -0.05) is 51.7 Å². The Morgan fingerprint density at radius 2 is 1.77 bits per heavy atom. The third kappa shape index (κ3) is 9.95. The van der Waals surface area contributed by atoms with E-state index in [4.69, 9.17) is 9.47 Å². The van der Waals surface area contributed by atoms with Crippen LogP contribution >= 0.6 is 0 Å². The minimum absolute atomic E-state index is 0.193. The number of hydrogen-bond donors (Lipinski definition) is 6. The highest BCUT2D eigenvalue weighted by Gasteiger charge is 2.44. The highest BCUT2D eigenvalue weighted by molar-refractivity contribution is 5.76. The summed E-state index contributed by atoms with van der Waals surface area (Å²) >= 11 is 0. The Balaban J connectivity index is 2.70. The monoisotopic (exact) mass is 447 g/mol. The lowest BCUT2D eigenvalue weighted by Gasteiger charge is -2.40. The Labute approximate surface area is 185 Å². The molecule has 1 aliphatic rings. The summed E-state index contributed by atoms with van der Waals surface area (Å²) in [6.07, 6.45) is 2.66. The van der Waals surface area contributed by atoms with Crippen LogP contribution in [0.4, 0.5) is 0 Å². The Kier molecular flexibility index (Phi) is 14.1. The van der Waals surface area contributed by atoms with Gasteiger partial charge in [0.05, 0.1) is 25.4 Å². The minimum atomic E-state index is -1.55. The number of aliphatic hydroxyl groups excluding tert-OH is 5. The average Bonchev–Trinajstić information content (AvgIpc) is 2.76. The first-order chi connectivity index (χ1) is 14.8. The normalized spacial score (nSPS) is 28.5. The molecule has 0 saturated carbocycles. The fourth-order valence-corrected chi connectivity index (χ4v) is 3.30. The van der Waals surface area contributed by atoms with Gasteiger partial charge in [0.25, 0.3) is 0 Å². The molecule has 0 aromatic heterocycles. The fourth-order valence-electron chi connectivity index (χ4n) is 3.30. The number of rotatable bonds is 15. The molecule has 7 atom stereocenters. The van der Waals surface area contributed by atoms with Crippen LogP contribution in [0.5, 0.6) is 0 Å². The molecule has 182 valence electrons. The zero-order chi connectivity index (χ0) is 23.2. The number of nitrogens with one attached hydrogen (secondary N) is 1. The van der Waals surface area contributed by atoms with Crippen LogP contribution in [0.15, 0.2) is 12.2 Å². The Hall–Kier alpha value is -1.07. The maximum atomic E-state index is 12.2. The van der Waals surface area contributed by atoms with E-state index < -0.39 is 49.5 Å². The van der Waals surface area contributed by atoms with Gasteiger partial charge in [-0.15, -0.1) is 0 Å². The smallest absolute Gasteiger partial charge is 0.220 e. The number of amides is 1. The van der Waals surface area contributed by atoms with E-state index >= 15 is 0 Å². The lowest BCUT2D eigenvalue weighted by molar-refractivity contribution is -0.302. The SMILES string of the molecule is CCCCCC/C=C/C(O)C(COC1OC(CO)C(O)C(O)C1O)NC(=O)CCCC. The van der Waals surface area contributed by atoms with Crippen molar-refractivity contribution in [2.24, 2.45) is 0 Å². The number of ether oxygens (including phenoxy) is 2. The molecule has 1 saturated heterocycles. The molecule has 1 amide bonds. The van der Waals surface area contributed by atoms with Crippen LogP contribution in [0.2, 0.25) is 0 Å². The van der Waals surface area contributed by atoms with Crippen molar-refractivity contribution >= 4 is 5.91 Å². The first-order valence-electron chi connectivity index (χ1n) is 11.4. The molecule has 9 heteroatoms. The van der Waals surface area contributed by atoms with Crippen molar-refractivity contribution in [3.05, 3.63) is 12.2 Å². The predicted molar refractivity (Wildman–Crippen MR) is 115 cm³/mol. The van der Waals surface area contributed by atoms with Crippen LogP contribution in [0.3, 0.4) is 0 Å². The number of carbonyl (C=O) groups excluding carboxylic acids is 1. The number of aliphatic hydroxyl groups is 5. The van der Waals surface area contributed by atoms with Crippen LogP contribution < -0.4 is 5.32 Å². The van der Waals surface area contributed by atoms with E-state index in [0.29, 0.717) is 6.42 Å². The number of hydrogen-bond acceptors (Lipinski definition) is 8. The molecular formula is C22H41NO8. The molecule has 9 nitrogen and oxygen atoms in total. The molecule has 0 aromatic carbocycles. The first-order valence-corrected chi connectivity index (χ1v) is 11.4. The van der Waals surface area contributed by atoms with Gasteiger partial charge in [0, 0.05) is 6.42 Å². The summed E-state index contributed by atoms with van der Waals surface area (Å²) in [5.74, 6) is -0.223. The maximum absolute atomic E-state index is 12.2. The van der Waals surface area contributed by atoms with Crippen LogP contribution in [0.25, 0.3) is 0 Å². The first kappa shape index (κ1) is 28.0. The molecule has 1 rings (SSSR count). The molecule has 1 heterocycles. The van der Waals surface area contributed by atoms with Gasteiger partial charge in [0.1, 0.15) is 24.4 Å². The summed E-state index contributed by atoms with van der Waals surface area (Å²) in [6, 6.07) is -0.788. The molecular weight excluding hydrogens is 406 g/mol. The second-order valence-corrected chi connectivity index (χ2v) is 8.08. The molecule has 1 aliphatic heterocycles. The van der Waals surface area contributed by atoms with Crippen molar-refractivity contribution in [2.45, 2.75) is 108 Å². The van der Waals surface area contributed by atoms with Crippen LogP contribution in [0.1, 0.15) is 65.2 Å². The summed E-state index contributed by atoms with van der Waals surface area (Å²) in [7, 11) is 0. The number of carbonyl (C=O) groups is 1. The second-order valence-electron chi connectivity index (χ2n) is 8.08. The van der Waals surface area contributed by atoms with Gasteiger partial charge in [-0.05, 0) is 19.3 Å². The highest BCUT2D eigenvalue weighted by Crippen LogP contribution is 2.22. The summed E-state index contributed by atoms with van der Waals surface area (Å²) in [5, 5.41) is 52.5. The van der Waals surface area contributed by atoms with E-state index in [2.05, 4.69) is 12.2 Å². The van der Waals surface area contributed by atoms with Crippen molar-refractivity contribution in [2.75, 3.05) is 13.2 Å². The van der Waals surface area contributed by atoms with Crippen LogP contribution in [-0.4, -0.2) is 87.5 Å². The summed E-state index contributed by atoms with van der Waals surface area (Å²) in [6.45, 7) is 3.36. The summed E-state index contributed by atoms with van der Waals surface area (Å²) in [4.78, 5) is 12.2. The van der Waals surface area contributed by atoms with E-state index in [-0.39, 0.29) is 12.5 Å². The van der Waals surface area contributed by atoms with Crippen LogP contribution in [0, 0.1) is 0 Å². The number of unbranched alkanes of at least 4 members (excludes halogenated alkanes) is 5. The second kappa shape index (κ2) is 15.7. The third-order valence-corrected chi connectivity index (χ3v) is 5.36. The minimum Gasteiger partial charge on any atom is -0.394 e. The quantitative estimate of drug-likeness (QED) is 0.156. The predicted octanol–water partition coefficient (Wildman–Crippen LogP) is 0.365. The van der Waals surface area contributed by atoms with Crippen molar-refractivity contribution in [1.29, 1.82) is 0 Å². The average molecular weight is 448 g/mol. The topological polar surface area (TPSA) is 149 Å². The van der Waals surface area contributed by atoms with Gasteiger partial charge in [0.2, 0.25) is 5.91 Å². The molecule has 31 heavy (non-hydrogen) atoms. The Bertz CT molecular complexity index is 516. The zero-order valence-corrected chi connectivity index (χ0v) is 18.7. The largest absolute Gasteiger partial charge is 0.394 e. The van der Waals surface area contributed by atoms with E-state index in [0.717, 1.165) is 38.5 Å². The summed E-state index contributed by atoms with van der Waals surface area (Å²) in [5.41, 5.74) is 0. The summed E-state index contributed by atoms with van der Waals surface area (Å²) < 4.78 is 10.9. The van der Waals surface area contributed by atoms with Crippen molar-refractivity contribution in [3.63, 3.8) is 0 Å². The molecule has 0 spiro atoms. The van der Waals surface area contributed by atoms with Gasteiger partial charge >= 0.3 is 0 Å². The van der Waals surface area contributed by atoms with E-state index in [9.17, 15) is 30.3 Å². The van der Waals surface area contributed by atoms with E-state index in [1.54, 1.807) is 6.08 Å². The molecule has 0 aliphatic carbocycles. The Morgan fingerprint density at radius 3 is 2.42 bits per heavy atom.